The van der Waals surface area contributed by atoms with E-state index in [1.165, 1.54) is 0 Å². The Labute approximate surface area is 98.8 Å². The van der Waals surface area contributed by atoms with Gasteiger partial charge in [0, 0.05) is 13.1 Å². The third-order valence-corrected chi connectivity index (χ3v) is 2.24. The van der Waals surface area contributed by atoms with E-state index in [-0.39, 0.29) is 12.1 Å². The van der Waals surface area contributed by atoms with Crippen LogP contribution in [0.1, 0.15) is 47.0 Å². The molecular weight excluding hydrogens is 204 g/mol. The molecule has 0 rings (SSSR count). The molecule has 1 atom stereocenters. The SMILES string of the molecule is CC(O)CCNC(=O)NCCCC(C)(C)C. The zero-order valence-electron chi connectivity index (χ0n) is 11.0. The average molecular weight is 230 g/mol. The molecule has 0 aliphatic carbocycles. The van der Waals surface area contributed by atoms with Crippen molar-refractivity contribution in [2.45, 2.75) is 53.1 Å². The summed E-state index contributed by atoms with van der Waals surface area (Å²) in [5.74, 6) is 0. The van der Waals surface area contributed by atoms with Gasteiger partial charge in [-0.05, 0) is 31.6 Å². The molecule has 0 bridgehead atoms. The molecule has 96 valence electrons. The van der Waals surface area contributed by atoms with Crippen LogP contribution in [0.25, 0.3) is 0 Å². The van der Waals surface area contributed by atoms with Gasteiger partial charge in [0.15, 0.2) is 0 Å². The molecule has 0 aliphatic heterocycles. The molecule has 0 heterocycles. The first kappa shape index (κ1) is 15.2. The monoisotopic (exact) mass is 230 g/mol. The van der Waals surface area contributed by atoms with E-state index < -0.39 is 0 Å². The summed E-state index contributed by atoms with van der Waals surface area (Å²) >= 11 is 0. The van der Waals surface area contributed by atoms with Gasteiger partial charge >= 0.3 is 6.03 Å². The third-order valence-electron chi connectivity index (χ3n) is 2.24. The van der Waals surface area contributed by atoms with Crippen molar-refractivity contribution in [3.63, 3.8) is 0 Å². The summed E-state index contributed by atoms with van der Waals surface area (Å²) < 4.78 is 0. The van der Waals surface area contributed by atoms with Crippen LogP contribution in [0.15, 0.2) is 0 Å². The Kier molecular flexibility index (Phi) is 7.13. The highest BCUT2D eigenvalue weighted by molar-refractivity contribution is 5.73. The standard InChI is InChI=1S/C12H26N2O2/c1-10(15)6-9-14-11(16)13-8-5-7-12(2,3)4/h10,15H,5-9H2,1-4H3,(H2,13,14,16). The summed E-state index contributed by atoms with van der Waals surface area (Å²) in [6.45, 7) is 9.50. The van der Waals surface area contributed by atoms with Gasteiger partial charge in [0.2, 0.25) is 0 Å². The van der Waals surface area contributed by atoms with Crippen LogP contribution in [0.4, 0.5) is 4.79 Å². The van der Waals surface area contributed by atoms with Crippen LogP contribution in [0.3, 0.4) is 0 Å². The number of hydrogen-bond acceptors (Lipinski definition) is 2. The first-order chi connectivity index (χ1) is 7.31. The highest BCUT2D eigenvalue weighted by atomic mass is 16.3. The van der Waals surface area contributed by atoms with Gasteiger partial charge in [0.1, 0.15) is 0 Å². The number of urea groups is 1. The normalized spacial score (nSPS) is 13.3. The molecule has 0 fully saturated rings. The molecule has 0 aliphatic rings. The lowest BCUT2D eigenvalue weighted by Crippen LogP contribution is -2.37. The molecule has 4 heteroatoms. The number of aliphatic hydroxyl groups excluding tert-OH is 1. The predicted octanol–water partition coefficient (Wildman–Crippen LogP) is 1.88. The van der Waals surface area contributed by atoms with Gasteiger partial charge < -0.3 is 15.7 Å². The largest absolute Gasteiger partial charge is 0.393 e. The number of carbonyl (C=O) groups is 1. The number of carbonyl (C=O) groups excluding carboxylic acids is 1. The van der Waals surface area contributed by atoms with Crippen molar-refractivity contribution in [3.05, 3.63) is 0 Å². The second-order valence-electron chi connectivity index (χ2n) is 5.48. The van der Waals surface area contributed by atoms with Gasteiger partial charge in [0.25, 0.3) is 0 Å². The van der Waals surface area contributed by atoms with E-state index in [9.17, 15) is 4.79 Å². The van der Waals surface area contributed by atoms with E-state index in [0.717, 1.165) is 12.8 Å². The molecule has 0 aromatic rings. The van der Waals surface area contributed by atoms with Crippen LogP contribution >= 0.6 is 0 Å². The van der Waals surface area contributed by atoms with Crippen LogP contribution in [0.5, 0.6) is 0 Å². The van der Waals surface area contributed by atoms with Crippen molar-refractivity contribution in [3.8, 4) is 0 Å². The summed E-state index contributed by atoms with van der Waals surface area (Å²) in [4.78, 5) is 11.2. The third kappa shape index (κ3) is 11.3. The van der Waals surface area contributed by atoms with Gasteiger partial charge in [-0.15, -0.1) is 0 Å². The summed E-state index contributed by atoms with van der Waals surface area (Å²) in [6.07, 6.45) is 2.32. The molecule has 0 spiro atoms. The Morgan fingerprint density at radius 3 is 2.31 bits per heavy atom. The fourth-order valence-corrected chi connectivity index (χ4v) is 1.28. The molecule has 3 N–H and O–H groups in total. The topological polar surface area (TPSA) is 61.4 Å². The maximum Gasteiger partial charge on any atom is 0.314 e. The molecular formula is C12H26N2O2. The van der Waals surface area contributed by atoms with Crippen LogP contribution in [0.2, 0.25) is 0 Å². The van der Waals surface area contributed by atoms with E-state index in [1.807, 2.05) is 0 Å². The number of hydrogen-bond donors (Lipinski definition) is 3. The maximum absolute atomic E-state index is 11.2. The number of rotatable bonds is 6. The summed E-state index contributed by atoms with van der Waals surface area (Å²) in [5, 5.41) is 14.5. The second kappa shape index (κ2) is 7.49. The fourth-order valence-electron chi connectivity index (χ4n) is 1.28. The first-order valence-electron chi connectivity index (χ1n) is 6.01. The van der Waals surface area contributed by atoms with E-state index in [1.54, 1.807) is 6.92 Å². The Morgan fingerprint density at radius 2 is 1.81 bits per heavy atom. The summed E-state index contributed by atoms with van der Waals surface area (Å²) in [5.41, 5.74) is 0.324. The van der Waals surface area contributed by atoms with Crippen molar-refractivity contribution in [1.29, 1.82) is 0 Å². The van der Waals surface area contributed by atoms with Gasteiger partial charge in [-0.2, -0.15) is 0 Å². The maximum atomic E-state index is 11.2. The van der Waals surface area contributed by atoms with Gasteiger partial charge in [-0.1, -0.05) is 20.8 Å². The molecule has 16 heavy (non-hydrogen) atoms. The Balaban J connectivity index is 3.38. The summed E-state index contributed by atoms with van der Waals surface area (Å²) in [6, 6.07) is -0.144. The van der Waals surface area contributed by atoms with Crippen molar-refractivity contribution in [2.75, 3.05) is 13.1 Å². The zero-order chi connectivity index (χ0) is 12.6. The van der Waals surface area contributed by atoms with Gasteiger partial charge in [-0.25, -0.2) is 4.79 Å². The molecule has 0 aromatic heterocycles. The molecule has 0 saturated carbocycles. The molecule has 2 amide bonds. The molecule has 0 saturated heterocycles. The minimum atomic E-state index is -0.360. The summed E-state index contributed by atoms with van der Waals surface area (Å²) in [7, 11) is 0. The number of nitrogens with one attached hydrogen (secondary N) is 2. The number of aliphatic hydroxyl groups is 1. The van der Waals surface area contributed by atoms with E-state index in [0.29, 0.717) is 24.9 Å². The van der Waals surface area contributed by atoms with Gasteiger partial charge in [-0.3, -0.25) is 0 Å². The highest BCUT2D eigenvalue weighted by Gasteiger charge is 2.09. The second-order valence-corrected chi connectivity index (χ2v) is 5.48. The predicted molar refractivity (Wildman–Crippen MR) is 66.4 cm³/mol. The van der Waals surface area contributed by atoms with E-state index in [2.05, 4.69) is 31.4 Å². The van der Waals surface area contributed by atoms with Crippen LogP contribution in [-0.2, 0) is 0 Å². The van der Waals surface area contributed by atoms with Crippen LogP contribution < -0.4 is 10.6 Å². The van der Waals surface area contributed by atoms with Crippen molar-refractivity contribution in [2.24, 2.45) is 5.41 Å². The fraction of sp³-hybridized carbons (Fsp3) is 0.917. The highest BCUT2D eigenvalue weighted by Crippen LogP contribution is 2.19. The molecule has 1 unspecified atom stereocenters. The average Bonchev–Trinajstić information content (AvgIpc) is 2.10. The van der Waals surface area contributed by atoms with E-state index in [4.69, 9.17) is 5.11 Å². The van der Waals surface area contributed by atoms with Crippen LogP contribution in [0, 0.1) is 5.41 Å². The zero-order valence-corrected chi connectivity index (χ0v) is 11.0. The molecule has 0 radical (unpaired) electrons. The van der Waals surface area contributed by atoms with Crippen molar-refractivity contribution in [1.82, 2.24) is 10.6 Å². The Morgan fingerprint density at radius 1 is 1.25 bits per heavy atom. The number of amides is 2. The van der Waals surface area contributed by atoms with E-state index >= 15 is 0 Å². The Bertz CT molecular complexity index is 198. The lowest BCUT2D eigenvalue weighted by Gasteiger charge is -2.17. The van der Waals surface area contributed by atoms with Crippen molar-refractivity contribution < 1.29 is 9.90 Å². The quantitative estimate of drug-likeness (QED) is 0.610. The van der Waals surface area contributed by atoms with Crippen LogP contribution in [-0.4, -0.2) is 30.3 Å². The molecule has 0 aromatic carbocycles. The minimum Gasteiger partial charge on any atom is -0.393 e. The minimum absolute atomic E-state index is 0.144. The molecule has 4 nitrogen and oxygen atoms in total. The lowest BCUT2D eigenvalue weighted by atomic mass is 9.91. The lowest BCUT2D eigenvalue weighted by molar-refractivity contribution is 0.183. The Hall–Kier alpha value is -0.770. The smallest absolute Gasteiger partial charge is 0.314 e. The van der Waals surface area contributed by atoms with Crippen molar-refractivity contribution >= 4 is 6.03 Å². The van der Waals surface area contributed by atoms with Gasteiger partial charge in [0.05, 0.1) is 6.10 Å². The first-order valence-corrected chi connectivity index (χ1v) is 6.01.